The fourth-order valence-electron chi connectivity index (χ4n) is 5.06. The maximum absolute atomic E-state index is 13.4. The van der Waals surface area contributed by atoms with Crippen LogP contribution in [0.4, 0.5) is 0 Å². The van der Waals surface area contributed by atoms with E-state index >= 15 is 0 Å². The van der Waals surface area contributed by atoms with E-state index in [1.165, 1.54) is 0 Å². The number of carboxylic acids is 1. The fraction of sp³-hybridized carbons (Fsp3) is 0.625. The summed E-state index contributed by atoms with van der Waals surface area (Å²) in [6, 6.07) is 7.75. The van der Waals surface area contributed by atoms with Gasteiger partial charge in [0, 0.05) is 6.04 Å². The summed E-state index contributed by atoms with van der Waals surface area (Å²) in [5, 5.41) is 12.9. The van der Waals surface area contributed by atoms with Crippen LogP contribution in [-0.4, -0.2) is 58.6 Å². The van der Waals surface area contributed by atoms with Gasteiger partial charge in [0.2, 0.25) is 5.91 Å². The van der Waals surface area contributed by atoms with Crippen LogP contribution in [0.2, 0.25) is 0 Å². The van der Waals surface area contributed by atoms with Crippen LogP contribution in [0.15, 0.2) is 30.3 Å². The van der Waals surface area contributed by atoms with Crippen LogP contribution in [0.1, 0.15) is 57.9 Å². The largest absolute Gasteiger partial charge is 0.480 e. The number of carboxylic acid groups (broad SMARTS) is 1. The van der Waals surface area contributed by atoms with Crippen molar-refractivity contribution in [2.24, 2.45) is 5.92 Å². The molecule has 1 aromatic rings. The highest BCUT2D eigenvalue weighted by Gasteiger charge is 2.48. The lowest BCUT2D eigenvalue weighted by molar-refractivity contribution is -0.152. The lowest BCUT2D eigenvalue weighted by Gasteiger charge is -2.35. The molecule has 1 saturated carbocycles. The molecule has 2 aliphatic rings. The lowest BCUT2D eigenvalue weighted by Crippen LogP contribution is -2.55. The van der Waals surface area contributed by atoms with Crippen molar-refractivity contribution in [3.63, 3.8) is 0 Å². The van der Waals surface area contributed by atoms with Crippen molar-refractivity contribution in [2.45, 2.75) is 83.0 Å². The highest BCUT2D eigenvalue weighted by molar-refractivity contribution is 5.88. The molecule has 4 unspecified atom stereocenters. The number of nitrogens with one attached hydrogen (secondary N) is 1. The molecule has 1 aliphatic heterocycles. The van der Waals surface area contributed by atoms with Crippen molar-refractivity contribution in [2.75, 3.05) is 6.61 Å². The smallest absolute Gasteiger partial charge is 0.326 e. The third-order valence-corrected chi connectivity index (χ3v) is 6.58. The first-order valence-electron chi connectivity index (χ1n) is 11.4. The number of benzene rings is 1. The second kappa shape index (κ2) is 12.2. The Balaban J connectivity index is 0.00000363. The maximum atomic E-state index is 13.4. The molecule has 8 heteroatoms. The van der Waals surface area contributed by atoms with Crippen LogP contribution in [0.3, 0.4) is 0 Å². The standard InChI is InChI=1S/C24H34N2O5.ClH/c1-3-31-24(30)19(14-13-17-9-5-4-6-10-17)25-16(2)22(27)26-20-12-8-7-11-18(20)15-21(26)23(28)29;/h4-6,9-10,16,18-21,25H,3,7-8,11-15H2,1-2H3,(H,28,29);1H/t16?,18?,19?,20?,21-;/m0./s1. The number of ether oxygens (including phenoxy) is 1. The van der Waals surface area contributed by atoms with Gasteiger partial charge in [0.05, 0.1) is 12.6 Å². The number of hydrogen-bond acceptors (Lipinski definition) is 5. The van der Waals surface area contributed by atoms with Crippen molar-refractivity contribution in [1.82, 2.24) is 10.2 Å². The molecule has 2 N–H and O–H groups in total. The molecule has 1 amide bonds. The van der Waals surface area contributed by atoms with E-state index in [9.17, 15) is 19.5 Å². The molecule has 0 aromatic heterocycles. The van der Waals surface area contributed by atoms with Crippen molar-refractivity contribution < 1.29 is 24.2 Å². The summed E-state index contributed by atoms with van der Waals surface area (Å²) in [5.41, 5.74) is 1.10. The van der Waals surface area contributed by atoms with Gasteiger partial charge in [-0.1, -0.05) is 43.2 Å². The average Bonchev–Trinajstić information content (AvgIpc) is 3.16. The number of fused-ring (bicyclic) bond motifs is 1. The van der Waals surface area contributed by atoms with Crippen LogP contribution >= 0.6 is 12.4 Å². The number of rotatable bonds is 9. The van der Waals surface area contributed by atoms with Gasteiger partial charge in [-0.25, -0.2) is 4.79 Å². The lowest BCUT2D eigenvalue weighted by atomic mass is 9.84. The number of halogens is 1. The molecule has 1 aliphatic carbocycles. The normalized spacial score (nSPS) is 24.1. The number of amides is 1. The van der Waals surface area contributed by atoms with Gasteiger partial charge in [-0.05, 0) is 57.4 Å². The molecule has 7 nitrogen and oxygen atoms in total. The maximum Gasteiger partial charge on any atom is 0.326 e. The number of carbonyl (C=O) groups excluding carboxylic acids is 2. The quantitative estimate of drug-likeness (QED) is 0.542. The number of hydrogen-bond donors (Lipinski definition) is 2. The predicted octanol–water partition coefficient (Wildman–Crippen LogP) is 3.20. The first-order chi connectivity index (χ1) is 14.9. The molecule has 2 fully saturated rings. The Bertz CT molecular complexity index is 775. The molecule has 3 rings (SSSR count). The minimum Gasteiger partial charge on any atom is -0.480 e. The van der Waals surface area contributed by atoms with Gasteiger partial charge in [-0.2, -0.15) is 0 Å². The Morgan fingerprint density at radius 1 is 1.19 bits per heavy atom. The van der Waals surface area contributed by atoms with E-state index in [2.05, 4.69) is 5.32 Å². The summed E-state index contributed by atoms with van der Waals surface area (Å²) in [6.07, 6.45) is 5.62. The van der Waals surface area contributed by atoms with E-state index in [1.54, 1.807) is 18.7 Å². The van der Waals surface area contributed by atoms with Crippen molar-refractivity contribution in [3.8, 4) is 0 Å². The van der Waals surface area contributed by atoms with E-state index in [0.29, 0.717) is 19.3 Å². The summed E-state index contributed by atoms with van der Waals surface area (Å²) < 4.78 is 5.22. The zero-order chi connectivity index (χ0) is 22.4. The number of aliphatic carboxylic acids is 1. The molecule has 5 atom stereocenters. The fourth-order valence-corrected chi connectivity index (χ4v) is 5.06. The topological polar surface area (TPSA) is 95.9 Å². The molecule has 0 bridgehead atoms. The Hall–Kier alpha value is -2.12. The molecule has 32 heavy (non-hydrogen) atoms. The molecule has 0 radical (unpaired) electrons. The van der Waals surface area contributed by atoms with Crippen LogP contribution in [0.25, 0.3) is 0 Å². The third-order valence-electron chi connectivity index (χ3n) is 6.58. The van der Waals surface area contributed by atoms with Gasteiger partial charge in [0.15, 0.2) is 0 Å². The summed E-state index contributed by atoms with van der Waals surface area (Å²) in [6.45, 7) is 3.74. The van der Waals surface area contributed by atoms with Gasteiger partial charge in [0.1, 0.15) is 12.1 Å². The van der Waals surface area contributed by atoms with Gasteiger partial charge in [0.25, 0.3) is 0 Å². The zero-order valence-electron chi connectivity index (χ0n) is 18.9. The van der Waals surface area contributed by atoms with E-state index in [1.807, 2.05) is 30.3 Å². The second-order valence-corrected chi connectivity index (χ2v) is 8.66. The SMILES string of the molecule is CCOC(=O)C(CCc1ccccc1)NC(C)C(=O)N1C2CCCCC2C[C@H]1C(=O)O.Cl. The number of esters is 1. The van der Waals surface area contributed by atoms with E-state index in [4.69, 9.17) is 4.74 Å². The Kier molecular flexibility index (Phi) is 9.97. The van der Waals surface area contributed by atoms with E-state index in [0.717, 1.165) is 31.2 Å². The first kappa shape index (κ1) is 26.1. The third kappa shape index (κ3) is 6.23. The van der Waals surface area contributed by atoms with Gasteiger partial charge < -0.3 is 14.7 Å². The van der Waals surface area contributed by atoms with Crippen LogP contribution in [0.5, 0.6) is 0 Å². The highest BCUT2D eigenvalue weighted by atomic mass is 35.5. The minimum absolute atomic E-state index is 0. The van der Waals surface area contributed by atoms with Gasteiger partial charge in [-0.15, -0.1) is 12.4 Å². The number of nitrogens with zero attached hydrogens (tertiary/aromatic N) is 1. The summed E-state index contributed by atoms with van der Waals surface area (Å²) in [7, 11) is 0. The van der Waals surface area contributed by atoms with Gasteiger partial charge >= 0.3 is 11.9 Å². The van der Waals surface area contributed by atoms with Crippen molar-refractivity contribution >= 4 is 30.3 Å². The van der Waals surface area contributed by atoms with Crippen molar-refractivity contribution in [3.05, 3.63) is 35.9 Å². The molecule has 178 valence electrons. The Morgan fingerprint density at radius 2 is 1.88 bits per heavy atom. The van der Waals surface area contributed by atoms with E-state index in [-0.39, 0.29) is 42.9 Å². The summed E-state index contributed by atoms with van der Waals surface area (Å²) in [5.74, 6) is -1.31. The molecule has 1 saturated heterocycles. The summed E-state index contributed by atoms with van der Waals surface area (Å²) in [4.78, 5) is 39.3. The first-order valence-corrected chi connectivity index (χ1v) is 11.4. The number of likely N-dealkylation sites (tertiary alicyclic amines) is 1. The predicted molar refractivity (Wildman–Crippen MR) is 124 cm³/mol. The van der Waals surface area contributed by atoms with Crippen LogP contribution in [-0.2, 0) is 25.5 Å². The minimum atomic E-state index is -0.944. The Morgan fingerprint density at radius 3 is 2.53 bits per heavy atom. The van der Waals surface area contributed by atoms with Crippen LogP contribution in [0, 0.1) is 5.92 Å². The van der Waals surface area contributed by atoms with E-state index < -0.39 is 24.1 Å². The number of carbonyl (C=O) groups is 3. The molecule has 0 spiro atoms. The molecule has 1 aromatic carbocycles. The molecular weight excluding hydrogens is 432 g/mol. The average molecular weight is 467 g/mol. The molecular formula is C24H35ClN2O5. The number of aryl methyl sites for hydroxylation is 1. The Labute approximate surface area is 196 Å². The van der Waals surface area contributed by atoms with Crippen LogP contribution < -0.4 is 5.32 Å². The highest BCUT2D eigenvalue weighted by Crippen LogP contribution is 2.40. The summed E-state index contributed by atoms with van der Waals surface area (Å²) >= 11 is 0. The van der Waals surface area contributed by atoms with Gasteiger partial charge in [-0.3, -0.25) is 14.9 Å². The molecule has 1 heterocycles. The zero-order valence-corrected chi connectivity index (χ0v) is 19.7. The second-order valence-electron chi connectivity index (χ2n) is 8.66. The van der Waals surface area contributed by atoms with Crippen molar-refractivity contribution in [1.29, 1.82) is 0 Å². The monoisotopic (exact) mass is 466 g/mol.